The second-order valence-corrected chi connectivity index (χ2v) is 20.6. The van der Waals surface area contributed by atoms with Gasteiger partial charge in [-0.15, -0.1) is 0 Å². The van der Waals surface area contributed by atoms with Gasteiger partial charge in [0, 0.05) is 19.3 Å². The van der Waals surface area contributed by atoms with Gasteiger partial charge in [0.05, 0.1) is 0 Å². The third-order valence-corrected chi connectivity index (χ3v) is 13.5. The van der Waals surface area contributed by atoms with Crippen molar-refractivity contribution in [2.45, 2.75) is 316 Å². The predicted octanol–water partition coefficient (Wildman–Crippen LogP) is 20.9. The van der Waals surface area contributed by atoms with E-state index in [1.165, 1.54) is 193 Å². The fourth-order valence-corrected chi connectivity index (χ4v) is 8.84. The first kappa shape index (κ1) is 68.8. The molecule has 0 aliphatic rings. The highest BCUT2D eigenvalue weighted by Crippen LogP contribution is 2.17. The van der Waals surface area contributed by atoms with Gasteiger partial charge in [0.25, 0.3) is 0 Å². The highest BCUT2D eigenvalue weighted by molar-refractivity contribution is 5.71. The Hall–Kier alpha value is -3.15. The van der Waals surface area contributed by atoms with E-state index < -0.39 is 6.10 Å². The maximum atomic E-state index is 12.9. The van der Waals surface area contributed by atoms with Gasteiger partial charge < -0.3 is 14.2 Å². The summed E-state index contributed by atoms with van der Waals surface area (Å²) < 4.78 is 16.8. The Morgan fingerprint density at radius 3 is 0.931 bits per heavy atom. The highest BCUT2D eigenvalue weighted by Gasteiger charge is 2.19. The first-order chi connectivity index (χ1) is 35.5. The molecule has 0 fully saturated rings. The van der Waals surface area contributed by atoms with Crippen molar-refractivity contribution in [1.29, 1.82) is 0 Å². The van der Waals surface area contributed by atoms with Gasteiger partial charge in [-0.3, -0.25) is 14.4 Å². The van der Waals surface area contributed by atoms with E-state index in [1.54, 1.807) is 0 Å². The molecule has 72 heavy (non-hydrogen) atoms. The molecule has 0 aliphatic heterocycles. The van der Waals surface area contributed by atoms with Gasteiger partial charge in [-0.25, -0.2) is 0 Å². The summed E-state index contributed by atoms with van der Waals surface area (Å²) in [4.78, 5) is 38.2. The molecule has 0 N–H and O–H groups in total. The summed E-state index contributed by atoms with van der Waals surface area (Å²) in [6, 6.07) is 0. The molecular formula is C66H116O6. The van der Waals surface area contributed by atoms with Gasteiger partial charge in [0.1, 0.15) is 13.2 Å². The number of carbonyl (C=O) groups excluding carboxylic acids is 3. The van der Waals surface area contributed by atoms with Gasteiger partial charge >= 0.3 is 17.9 Å². The van der Waals surface area contributed by atoms with E-state index in [1.807, 2.05) is 6.08 Å². The summed E-state index contributed by atoms with van der Waals surface area (Å²) in [6.45, 7) is 6.49. The summed E-state index contributed by atoms with van der Waals surface area (Å²) in [5, 5.41) is 0. The summed E-state index contributed by atoms with van der Waals surface area (Å²) in [6.07, 6.45) is 77.8. The molecule has 0 saturated heterocycles. The van der Waals surface area contributed by atoms with Crippen LogP contribution >= 0.6 is 0 Å². The van der Waals surface area contributed by atoms with Crippen LogP contribution in [0, 0.1) is 0 Å². The molecule has 0 saturated carbocycles. The average molecular weight is 1010 g/mol. The van der Waals surface area contributed by atoms with Crippen LogP contribution in [0.4, 0.5) is 0 Å². The second kappa shape index (κ2) is 60.4. The van der Waals surface area contributed by atoms with Gasteiger partial charge in [-0.05, 0) is 77.0 Å². The molecule has 0 amide bonds. The van der Waals surface area contributed by atoms with Gasteiger partial charge in [-0.1, -0.05) is 286 Å². The zero-order valence-electron chi connectivity index (χ0n) is 47.7. The molecule has 6 nitrogen and oxygen atoms in total. The molecule has 0 spiro atoms. The summed E-state index contributed by atoms with van der Waals surface area (Å²) >= 11 is 0. The largest absolute Gasteiger partial charge is 0.462 e. The fourth-order valence-electron chi connectivity index (χ4n) is 8.84. The molecule has 0 aromatic rings. The molecule has 1 unspecified atom stereocenters. The van der Waals surface area contributed by atoms with Crippen LogP contribution in [0.25, 0.3) is 0 Å². The van der Waals surface area contributed by atoms with Crippen LogP contribution in [0.5, 0.6) is 0 Å². The molecule has 6 heteroatoms. The van der Waals surface area contributed by atoms with Crippen molar-refractivity contribution in [1.82, 2.24) is 0 Å². The van der Waals surface area contributed by atoms with E-state index >= 15 is 0 Å². The van der Waals surface area contributed by atoms with Crippen LogP contribution in [-0.2, 0) is 28.6 Å². The van der Waals surface area contributed by atoms with Crippen LogP contribution in [-0.4, -0.2) is 37.2 Å². The third-order valence-electron chi connectivity index (χ3n) is 13.5. The standard InChI is InChI=1S/C66H116O6/c1-4-7-10-13-16-19-22-25-27-29-31-32-33-34-35-37-38-41-44-47-50-53-56-59-65(68)71-62-63(61-70-64(67)58-55-52-49-46-43-40-24-21-18-15-12-9-6-3)72-66(69)60-57-54-51-48-45-42-39-36-30-28-26-23-20-17-14-11-8-5-2/h9,12,18,21-22,25,29,31,40,43,49,52,63H,4-8,10-11,13-17,19-20,23-24,26-28,30,32-39,41-42,44-48,50-51,53-62H2,1-3H3/b12-9-,21-18-,25-22-,31-29-,43-40-,52-49-. The Morgan fingerprint density at radius 2 is 0.569 bits per heavy atom. The Morgan fingerprint density at radius 1 is 0.292 bits per heavy atom. The Balaban J connectivity index is 4.34. The minimum atomic E-state index is -0.804. The lowest BCUT2D eigenvalue weighted by Crippen LogP contribution is -2.30. The first-order valence-corrected chi connectivity index (χ1v) is 30.9. The van der Waals surface area contributed by atoms with Crippen molar-refractivity contribution in [2.75, 3.05) is 13.2 Å². The second-order valence-electron chi connectivity index (χ2n) is 20.6. The number of hydrogen-bond donors (Lipinski definition) is 0. The van der Waals surface area contributed by atoms with Crippen LogP contribution in [0.2, 0.25) is 0 Å². The number of rotatable bonds is 56. The number of esters is 3. The van der Waals surface area contributed by atoms with Crippen LogP contribution in [0.1, 0.15) is 310 Å². The smallest absolute Gasteiger partial charge is 0.306 e. The molecular weight excluding hydrogens is 889 g/mol. The zero-order valence-corrected chi connectivity index (χ0v) is 47.7. The van der Waals surface area contributed by atoms with Crippen molar-refractivity contribution in [3.63, 3.8) is 0 Å². The van der Waals surface area contributed by atoms with E-state index in [9.17, 15) is 14.4 Å². The SMILES string of the molecule is CC/C=C\C/C=C\C/C=C\C/C=C\CCC(=O)OCC(COC(=O)CCCCCCCCCCCCC/C=C\C/C=C\CCCCCCC)OC(=O)CCCCCCCCCCCCCCCCCCCC. The number of unbranched alkanes of at least 4 members (excludes halogenated alkanes) is 33. The minimum absolute atomic E-state index is 0.0957. The predicted molar refractivity (Wildman–Crippen MR) is 311 cm³/mol. The Labute approximate surface area is 446 Å². The molecule has 1 atom stereocenters. The van der Waals surface area contributed by atoms with Crippen molar-refractivity contribution < 1.29 is 28.6 Å². The van der Waals surface area contributed by atoms with Crippen molar-refractivity contribution in [3.05, 3.63) is 72.9 Å². The average Bonchev–Trinajstić information content (AvgIpc) is 3.38. The maximum absolute atomic E-state index is 12.9. The van der Waals surface area contributed by atoms with Crippen molar-refractivity contribution in [3.8, 4) is 0 Å². The topological polar surface area (TPSA) is 78.9 Å². The number of hydrogen-bond acceptors (Lipinski definition) is 6. The summed E-state index contributed by atoms with van der Waals surface area (Å²) in [7, 11) is 0. The van der Waals surface area contributed by atoms with E-state index in [0.29, 0.717) is 19.3 Å². The van der Waals surface area contributed by atoms with Crippen LogP contribution in [0.3, 0.4) is 0 Å². The fraction of sp³-hybridized carbons (Fsp3) is 0.773. The monoisotopic (exact) mass is 1000 g/mol. The summed E-state index contributed by atoms with van der Waals surface area (Å²) in [5.74, 6) is -0.969. The number of allylic oxidation sites excluding steroid dienone is 12. The molecule has 0 heterocycles. The highest BCUT2D eigenvalue weighted by atomic mass is 16.6. The zero-order chi connectivity index (χ0) is 52.2. The van der Waals surface area contributed by atoms with E-state index in [0.717, 1.165) is 70.6 Å². The van der Waals surface area contributed by atoms with Gasteiger partial charge in [0.15, 0.2) is 6.10 Å². The first-order valence-electron chi connectivity index (χ1n) is 30.9. The minimum Gasteiger partial charge on any atom is -0.462 e. The summed E-state index contributed by atoms with van der Waals surface area (Å²) in [5.41, 5.74) is 0. The lowest BCUT2D eigenvalue weighted by Gasteiger charge is -2.18. The Bertz CT molecular complexity index is 1340. The molecule has 0 aromatic heterocycles. The molecule has 0 aliphatic carbocycles. The van der Waals surface area contributed by atoms with Crippen molar-refractivity contribution in [2.24, 2.45) is 0 Å². The quantitative estimate of drug-likeness (QED) is 0.0261. The number of ether oxygens (including phenoxy) is 3. The van der Waals surface area contributed by atoms with Crippen molar-refractivity contribution >= 4 is 17.9 Å². The van der Waals surface area contributed by atoms with E-state index in [4.69, 9.17) is 14.2 Å². The normalized spacial score (nSPS) is 12.5. The van der Waals surface area contributed by atoms with E-state index in [2.05, 4.69) is 87.6 Å². The number of carbonyl (C=O) groups is 3. The van der Waals surface area contributed by atoms with Gasteiger partial charge in [-0.2, -0.15) is 0 Å². The maximum Gasteiger partial charge on any atom is 0.306 e. The molecule has 0 radical (unpaired) electrons. The van der Waals surface area contributed by atoms with Crippen LogP contribution < -0.4 is 0 Å². The lowest BCUT2D eigenvalue weighted by atomic mass is 10.0. The van der Waals surface area contributed by atoms with E-state index in [-0.39, 0.29) is 37.5 Å². The van der Waals surface area contributed by atoms with Crippen LogP contribution in [0.15, 0.2) is 72.9 Å². The third kappa shape index (κ3) is 57.7. The lowest BCUT2D eigenvalue weighted by molar-refractivity contribution is -0.166. The molecule has 0 bridgehead atoms. The molecule has 416 valence electrons. The Kier molecular flexibility index (Phi) is 57.8. The van der Waals surface area contributed by atoms with Gasteiger partial charge in [0.2, 0.25) is 0 Å². The molecule has 0 aromatic carbocycles. The molecule has 0 rings (SSSR count).